The van der Waals surface area contributed by atoms with Crippen LogP contribution < -0.4 is 0 Å². The van der Waals surface area contributed by atoms with E-state index in [1.54, 1.807) is 30.3 Å². The monoisotopic (exact) mass is 537 g/mol. The van der Waals surface area contributed by atoms with Gasteiger partial charge in [-0.05, 0) is 83.5 Å². The fourth-order valence-corrected chi connectivity index (χ4v) is 5.67. The summed E-state index contributed by atoms with van der Waals surface area (Å²) < 4.78 is 158. The van der Waals surface area contributed by atoms with Crippen LogP contribution in [0.5, 0.6) is 0 Å². The van der Waals surface area contributed by atoms with Gasteiger partial charge in [0.2, 0.25) is 0 Å². The summed E-state index contributed by atoms with van der Waals surface area (Å²) in [5.74, 6) is 0. The molecule has 0 saturated heterocycles. The molecule has 1 aromatic heterocycles. The maximum Gasteiger partial charge on any atom is 0.136 e. The molecule has 0 spiro atoms. The Bertz CT molecular complexity index is 3340. The molecule has 190 valence electrons. The van der Waals surface area contributed by atoms with E-state index in [9.17, 15) is 9.60 Å². The molecule has 0 aliphatic heterocycles. The molecule has 1 heteroatoms. The van der Waals surface area contributed by atoms with Crippen molar-refractivity contribution in [2.24, 2.45) is 0 Å². The summed E-state index contributed by atoms with van der Waals surface area (Å²) in [7, 11) is 0. The third-order valence-electron chi connectivity index (χ3n) is 7.38. The standard InChI is InChI=1S/C40H24O/c1-3-13-28-25(10-1)12-9-19-30(28)39-33-17-7-5-15-31(33)38(32-16-6-8-18-34(32)39)27-21-22-36-35(24-27)40-29-14-4-2-11-26(29)20-23-37(40)41-36/h1-24H/i2D,4D,5D,6D,7D,8D,11D,14D,15D,16D,17D,18D,20D,21D,22D,23D,24D. The molecule has 8 aromatic carbocycles. The minimum atomic E-state index is -0.735. The van der Waals surface area contributed by atoms with Crippen LogP contribution in [0.2, 0.25) is 0 Å². The first-order valence-electron chi connectivity index (χ1n) is 21.2. The molecule has 0 atom stereocenters. The van der Waals surface area contributed by atoms with E-state index in [1.165, 1.54) is 0 Å². The maximum absolute atomic E-state index is 9.80. The number of benzene rings is 8. The normalized spacial score (nSPS) is 17.7. The zero-order valence-corrected chi connectivity index (χ0v) is 20.9. The lowest BCUT2D eigenvalue weighted by Gasteiger charge is -2.18. The van der Waals surface area contributed by atoms with Crippen molar-refractivity contribution in [3.8, 4) is 22.3 Å². The first-order valence-corrected chi connectivity index (χ1v) is 12.7. The Kier molecular flexibility index (Phi) is 2.42. The zero-order chi connectivity index (χ0) is 41.7. The third-order valence-corrected chi connectivity index (χ3v) is 7.38. The molecule has 9 aromatic rings. The molecule has 9 rings (SSSR count). The van der Waals surface area contributed by atoms with Gasteiger partial charge in [-0.1, -0.05) is 127 Å². The maximum atomic E-state index is 9.80. The van der Waals surface area contributed by atoms with Gasteiger partial charge in [-0.3, -0.25) is 0 Å². The van der Waals surface area contributed by atoms with Crippen molar-refractivity contribution in [1.82, 2.24) is 0 Å². The van der Waals surface area contributed by atoms with Gasteiger partial charge in [0.15, 0.2) is 0 Å². The molecular formula is C40H24O. The zero-order valence-electron chi connectivity index (χ0n) is 37.9. The average Bonchev–Trinajstić information content (AvgIpc) is 3.62. The second kappa shape index (κ2) is 8.55. The number of hydrogen-bond donors (Lipinski definition) is 0. The highest BCUT2D eigenvalue weighted by Crippen LogP contribution is 2.46. The number of fused-ring (bicyclic) bond motifs is 8. The summed E-state index contributed by atoms with van der Waals surface area (Å²) >= 11 is 0. The smallest absolute Gasteiger partial charge is 0.136 e. The van der Waals surface area contributed by atoms with Gasteiger partial charge in [0, 0.05) is 10.8 Å². The average molecular weight is 538 g/mol. The van der Waals surface area contributed by atoms with Gasteiger partial charge in [0.1, 0.15) is 11.2 Å². The van der Waals surface area contributed by atoms with Crippen LogP contribution in [0.3, 0.4) is 0 Å². The first kappa shape index (κ1) is 11.6. The molecule has 0 saturated carbocycles. The molecule has 0 aliphatic carbocycles. The van der Waals surface area contributed by atoms with E-state index in [0.717, 1.165) is 5.39 Å². The Morgan fingerprint density at radius 3 is 1.85 bits per heavy atom. The van der Waals surface area contributed by atoms with Crippen LogP contribution in [0.1, 0.15) is 23.3 Å². The van der Waals surface area contributed by atoms with E-state index in [1.807, 2.05) is 12.1 Å². The number of furan rings is 1. The summed E-state index contributed by atoms with van der Waals surface area (Å²) in [5.41, 5.74) is -1.29. The van der Waals surface area contributed by atoms with Crippen molar-refractivity contribution in [3.63, 3.8) is 0 Å². The van der Waals surface area contributed by atoms with Crippen molar-refractivity contribution in [3.05, 3.63) is 145 Å². The SMILES string of the molecule is [2H]c1c(-c2c3c([2H])c([2H])c([2H])c([2H])c3c(-c3cccc4ccccc34)c3c([2H])c([2H])c([2H])c([2H])c23)c([2H])c2c(oc3c([2H])c([2H])c4c([2H])c([2H])c([2H])c([2H])c4c32)c1[2H]. The van der Waals surface area contributed by atoms with Crippen LogP contribution in [-0.2, 0) is 0 Å². The predicted molar refractivity (Wildman–Crippen MR) is 175 cm³/mol. The molecule has 0 unspecified atom stereocenters. The fraction of sp³-hybridized carbons (Fsp3) is 0. The van der Waals surface area contributed by atoms with E-state index in [0.29, 0.717) is 10.9 Å². The van der Waals surface area contributed by atoms with E-state index >= 15 is 0 Å². The van der Waals surface area contributed by atoms with Crippen molar-refractivity contribution in [2.45, 2.75) is 0 Å². The minimum absolute atomic E-state index is 0.0485. The lowest BCUT2D eigenvalue weighted by atomic mass is 9.84. The summed E-state index contributed by atoms with van der Waals surface area (Å²) in [5, 5.41) is -0.831. The van der Waals surface area contributed by atoms with Crippen LogP contribution in [0.25, 0.3) is 87.3 Å². The molecule has 41 heavy (non-hydrogen) atoms. The molecule has 0 fully saturated rings. The van der Waals surface area contributed by atoms with E-state index in [-0.39, 0.29) is 54.2 Å². The lowest BCUT2D eigenvalue weighted by Crippen LogP contribution is -1.91. The lowest BCUT2D eigenvalue weighted by molar-refractivity contribution is 0.669. The summed E-state index contributed by atoms with van der Waals surface area (Å²) in [4.78, 5) is 0. The van der Waals surface area contributed by atoms with Gasteiger partial charge in [-0.15, -0.1) is 0 Å². The highest BCUT2D eigenvalue weighted by atomic mass is 16.3. The predicted octanol–water partition coefficient (Wildman–Crippen LogP) is 11.5. The quantitative estimate of drug-likeness (QED) is 0.200. The Morgan fingerprint density at radius 2 is 1.07 bits per heavy atom. The first-order chi connectivity index (χ1) is 27.4. The van der Waals surface area contributed by atoms with Gasteiger partial charge in [-0.2, -0.15) is 0 Å². The Balaban J connectivity index is 1.63. The van der Waals surface area contributed by atoms with Gasteiger partial charge < -0.3 is 4.42 Å². The van der Waals surface area contributed by atoms with Crippen molar-refractivity contribution >= 4 is 65.0 Å². The van der Waals surface area contributed by atoms with Gasteiger partial charge in [0.25, 0.3) is 0 Å². The molecule has 1 heterocycles. The van der Waals surface area contributed by atoms with Crippen LogP contribution in [-0.4, -0.2) is 0 Å². The van der Waals surface area contributed by atoms with E-state index in [4.69, 9.17) is 18.1 Å². The third kappa shape index (κ3) is 3.24. The highest BCUT2D eigenvalue weighted by Gasteiger charge is 2.19. The topological polar surface area (TPSA) is 13.1 Å². The Hall–Kier alpha value is -5.40. The van der Waals surface area contributed by atoms with Gasteiger partial charge in [-0.25, -0.2) is 0 Å². The van der Waals surface area contributed by atoms with Crippen LogP contribution in [0.15, 0.2) is 150 Å². The minimum Gasteiger partial charge on any atom is -0.456 e. The van der Waals surface area contributed by atoms with E-state index < -0.39 is 119 Å². The molecule has 0 radical (unpaired) electrons. The fourth-order valence-electron chi connectivity index (χ4n) is 5.67. The van der Waals surface area contributed by atoms with Crippen molar-refractivity contribution < 1.29 is 27.7 Å². The van der Waals surface area contributed by atoms with Crippen LogP contribution in [0.4, 0.5) is 0 Å². The van der Waals surface area contributed by atoms with Crippen molar-refractivity contribution in [1.29, 1.82) is 0 Å². The van der Waals surface area contributed by atoms with Crippen LogP contribution >= 0.6 is 0 Å². The van der Waals surface area contributed by atoms with Crippen LogP contribution in [0, 0.1) is 0 Å². The molecule has 0 N–H and O–H groups in total. The van der Waals surface area contributed by atoms with E-state index in [2.05, 4.69) is 0 Å². The second-order valence-electron chi connectivity index (χ2n) is 9.54. The summed E-state index contributed by atoms with van der Waals surface area (Å²) in [6.07, 6.45) is 0. The van der Waals surface area contributed by atoms with Crippen molar-refractivity contribution in [2.75, 3.05) is 0 Å². The molecule has 0 amide bonds. The van der Waals surface area contributed by atoms with Gasteiger partial charge >= 0.3 is 0 Å². The summed E-state index contributed by atoms with van der Waals surface area (Å²) in [6.45, 7) is 0. The molecular weight excluding hydrogens is 496 g/mol. The highest BCUT2D eigenvalue weighted by molar-refractivity contribution is 6.25. The largest absolute Gasteiger partial charge is 0.456 e. The summed E-state index contributed by atoms with van der Waals surface area (Å²) in [6, 6.07) is 1.20. The Labute approximate surface area is 260 Å². The van der Waals surface area contributed by atoms with Gasteiger partial charge in [0.05, 0.1) is 23.3 Å². The number of rotatable bonds is 2. The number of hydrogen-bond acceptors (Lipinski definition) is 1. The molecule has 1 nitrogen and oxygen atoms in total. The second-order valence-corrected chi connectivity index (χ2v) is 9.54. The molecule has 0 aliphatic rings. The molecule has 0 bridgehead atoms. The Morgan fingerprint density at radius 1 is 0.439 bits per heavy atom.